The van der Waals surface area contributed by atoms with E-state index in [1.165, 1.54) is 40.9 Å². The average molecular weight is 351 g/mol. The molecular formula is C12H12Cl2N2O2S2. The zero-order valence-corrected chi connectivity index (χ0v) is 13.9. The first-order valence-electron chi connectivity index (χ1n) is 5.63. The van der Waals surface area contributed by atoms with Gasteiger partial charge in [0.2, 0.25) is 10.0 Å². The molecule has 0 bridgehead atoms. The topological polar surface area (TPSA) is 50.3 Å². The Kier molecular flexibility index (Phi) is 4.71. The van der Waals surface area contributed by atoms with Crippen molar-refractivity contribution in [1.82, 2.24) is 9.29 Å². The number of aromatic nitrogens is 1. The number of rotatable bonds is 4. The summed E-state index contributed by atoms with van der Waals surface area (Å²) in [4.78, 5) is 5.11. The summed E-state index contributed by atoms with van der Waals surface area (Å²) in [6, 6.07) is 4.27. The SMILES string of the molecule is Cc1ncc(CN(C)S(=O)(=O)c2ccc(Cl)c(Cl)c2)s1. The second-order valence-electron chi connectivity index (χ2n) is 4.18. The van der Waals surface area contributed by atoms with Gasteiger partial charge in [-0.05, 0) is 25.1 Å². The van der Waals surface area contributed by atoms with E-state index in [9.17, 15) is 8.42 Å². The van der Waals surface area contributed by atoms with E-state index in [0.717, 1.165) is 9.88 Å². The molecule has 0 N–H and O–H groups in total. The van der Waals surface area contributed by atoms with E-state index in [4.69, 9.17) is 23.2 Å². The first-order valence-corrected chi connectivity index (χ1v) is 8.64. The molecule has 0 saturated heterocycles. The summed E-state index contributed by atoms with van der Waals surface area (Å²) >= 11 is 13.1. The summed E-state index contributed by atoms with van der Waals surface area (Å²) in [6.07, 6.45) is 1.68. The van der Waals surface area contributed by atoms with Crippen molar-refractivity contribution in [3.8, 4) is 0 Å². The molecule has 0 radical (unpaired) electrons. The first-order chi connectivity index (χ1) is 9.30. The van der Waals surface area contributed by atoms with Crippen LogP contribution in [0.4, 0.5) is 0 Å². The molecule has 0 atom stereocenters. The lowest BCUT2D eigenvalue weighted by Crippen LogP contribution is -2.26. The number of benzene rings is 1. The molecule has 108 valence electrons. The average Bonchev–Trinajstić information content (AvgIpc) is 2.78. The molecule has 0 aliphatic heterocycles. The molecule has 1 aromatic heterocycles. The van der Waals surface area contributed by atoms with E-state index >= 15 is 0 Å². The molecule has 0 aliphatic carbocycles. The maximum Gasteiger partial charge on any atom is 0.243 e. The molecule has 0 saturated carbocycles. The molecule has 0 spiro atoms. The highest BCUT2D eigenvalue weighted by molar-refractivity contribution is 7.89. The van der Waals surface area contributed by atoms with Crippen LogP contribution in [0.25, 0.3) is 0 Å². The van der Waals surface area contributed by atoms with Gasteiger partial charge in [0.05, 0.1) is 19.9 Å². The minimum absolute atomic E-state index is 0.121. The fourth-order valence-corrected chi connectivity index (χ4v) is 4.07. The Morgan fingerprint density at radius 3 is 2.55 bits per heavy atom. The molecule has 4 nitrogen and oxygen atoms in total. The molecule has 1 aromatic carbocycles. The molecule has 8 heteroatoms. The number of hydrogen-bond donors (Lipinski definition) is 0. The van der Waals surface area contributed by atoms with Crippen molar-refractivity contribution < 1.29 is 8.42 Å². The maximum atomic E-state index is 12.4. The van der Waals surface area contributed by atoms with Crippen molar-refractivity contribution in [2.24, 2.45) is 0 Å². The molecule has 20 heavy (non-hydrogen) atoms. The second kappa shape index (κ2) is 5.99. The standard InChI is InChI=1S/C12H12Cl2N2O2S2/c1-8-15-6-9(19-8)7-16(2)20(17,18)10-3-4-11(13)12(14)5-10/h3-6H,7H2,1-2H3. The summed E-state index contributed by atoms with van der Waals surface area (Å²) in [5.74, 6) is 0. The number of hydrogen-bond acceptors (Lipinski definition) is 4. The van der Waals surface area contributed by atoms with Crippen LogP contribution in [-0.2, 0) is 16.6 Å². The van der Waals surface area contributed by atoms with Gasteiger partial charge in [-0.3, -0.25) is 0 Å². The third-order valence-electron chi connectivity index (χ3n) is 2.65. The van der Waals surface area contributed by atoms with Crippen molar-refractivity contribution in [3.63, 3.8) is 0 Å². The monoisotopic (exact) mass is 350 g/mol. The summed E-state index contributed by atoms with van der Waals surface area (Å²) in [5.41, 5.74) is 0. The Morgan fingerprint density at radius 1 is 1.30 bits per heavy atom. The number of aryl methyl sites for hydroxylation is 1. The summed E-state index contributed by atoms with van der Waals surface area (Å²) < 4.78 is 26.1. The van der Waals surface area contributed by atoms with Gasteiger partial charge in [0.25, 0.3) is 0 Å². The molecule has 0 fully saturated rings. The number of thiazole rings is 1. The van der Waals surface area contributed by atoms with Gasteiger partial charge < -0.3 is 0 Å². The van der Waals surface area contributed by atoms with E-state index in [1.54, 1.807) is 6.20 Å². The van der Waals surface area contributed by atoms with Crippen molar-refractivity contribution in [2.75, 3.05) is 7.05 Å². The van der Waals surface area contributed by atoms with E-state index in [2.05, 4.69) is 4.98 Å². The zero-order chi connectivity index (χ0) is 14.9. The van der Waals surface area contributed by atoms with Crippen LogP contribution in [0, 0.1) is 6.92 Å². The predicted molar refractivity (Wildman–Crippen MR) is 82.0 cm³/mol. The smallest absolute Gasteiger partial charge is 0.243 e. The third kappa shape index (κ3) is 3.32. The number of sulfonamides is 1. The van der Waals surface area contributed by atoms with Gasteiger partial charge in [-0.25, -0.2) is 13.4 Å². The van der Waals surface area contributed by atoms with Crippen LogP contribution in [0.1, 0.15) is 9.88 Å². The quantitative estimate of drug-likeness (QED) is 0.846. The molecule has 0 aliphatic rings. The number of halogens is 2. The Balaban J connectivity index is 2.27. The fourth-order valence-electron chi connectivity index (χ4n) is 1.60. The van der Waals surface area contributed by atoms with Gasteiger partial charge in [0.1, 0.15) is 0 Å². The van der Waals surface area contributed by atoms with Gasteiger partial charge >= 0.3 is 0 Å². The van der Waals surface area contributed by atoms with Crippen LogP contribution in [0.2, 0.25) is 10.0 Å². The summed E-state index contributed by atoms with van der Waals surface area (Å²) in [5, 5.41) is 1.45. The third-order valence-corrected chi connectivity index (χ3v) is 6.08. The van der Waals surface area contributed by atoms with Gasteiger partial charge in [-0.2, -0.15) is 4.31 Å². The minimum atomic E-state index is -3.60. The molecule has 2 aromatic rings. The van der Waals surface area contributed by atoms with Crippen LogP contribution >= 0.6 is 34.5 Å². The van der Waals surface area contributed by atoms with Crippen LogP contribution in [-0.4, -0.2) is 24.8 Å². The van der Waals surface area contributed by atoms with E-state index in [-0.39, 0.29) is 16.5 Å². The Bertz CT molecular complexity index is 729. The molecule has 0 unspecified atom stereocenters. The molecule has 2 rings (SSSR count). The maximum absolute atomic E-state index is 12.4. The van der Waals surface area contributed by atoms with Gasteiger partial charge in [-0.15, -0.1) is 11.3 Å². The van der Waals surface area contributed by atoms with Crippen molar-refractivity contribution >= 4 is 44.6 Å². The number of nitrogens with zero attached hydrogens (tertiary/aromatic N) is 2. The highest BCUT2D eigenvalue weighted by atomic mass is 35.5. The minimum Gasteiger partial charge on any atom is -0.250 e. The largest absolute Gasteiger partial charge is 0.250 e. The Hall–Kier alpha value is -0.660. The predicted octanol–water partition coefficient (Wildman–Crippen LogP) is 3.58. The second-order valence-corrected chi connectivity index (χ2v) is 8.36. The summed E-state index contributed by atoms with van der Waals surface area (Å²) in [6.45, 7) is 2.15. The normalized spacial score (nSPS) is 12.1. The van der Waals surface area contributed by atoms with E-state index < -0.39 is 10.0 Å². The zero-order valence-electron chi connectivity index (χ0n) is 10.8. The van der Waals surface area contributed by atoms with Gasteiger partial charge in [0.15, 0.2) is 0 Å². The van der Waals surface area contributed by atoms with E-state index in [1.807, 2.05) is 6.92 Å². The molecular weight excluding hydrogens is 339 g/mol. The van der Waals surface area contributed by atoms with Gasteiger partial charge in [-0.1, -0.05) is 23.2 Å². The van der Waals surface area contributed by atoms with Crippen LogP contribution in [0.15, 0.2) is 29.3 Å². The lowest BCUT2D eigenvalue weighted by atomic mass is 10.4. The van der Waals surface area contributed by atoms with Crippen molar-refractivity contribution in [2.45, 2.75) is 18.4 Å². The Labute approximate surface area is 132 Å². The van der Waals surface area contributed by atoms with Crippen molar-refractivity contribution in [1.29, 1.82) is 0 Å². The van der Waals surface area contributed by atoms with Crippen LogP contribution < -0.4 is 0 Å². The van der Waals surface area contributed by atoms with Gasteiger partial charge in [0, 0.05) is 24.7 Å². The van der Waals surface area contributed by atoms with E-state index in [0.29, 0.717) is 5.02 Å². The summed E-state index contributed by atoms with van der Waals surface area (Å²) in [7, 11) is -2.08. The lowest BCUT2D eigenvalue weighted by Gasteiger charge is -2.16. The highest BCUT2D eigenvalue weighted by Crippen LogP contribution is 2.27. The first kappa shape index (κ1) is 15.7. The van der Waals surface area contributed by atoms with Crippen molar-refractivity contribution in [3.05, 3.63) is 44.3 Å². The van der Waals surface area contributed by atoms with Crippen LogP contribution in [0.3, 0.4) is 0 Å². The highest BCUT2D eigenvalue weighted by Gasteiger charge is 2.22. The fraction of sp³-hybridized carbons (Fsp3) is 0.250. The lowest BCUT2D eigenvalue weighted by molar-refractivity contribution is 0.469. The Morgan fingerprint density at radius 2 is 2.00 bits per heavy atom. The molecule has 0 amide bonds. The molecule has 1 heterocycles. The van der Waals surface area contributed by atoms with Crippen LogP contribution in [0.5, 0.6) is 0 Å².